The zero-order valence-corrected chi connectivity index (χ0v) is 13.1. The summed E-state index contributed by atoms with van der Waals surface area (Å²) in [6, 6.07) is 1.27. The number of piperidine rings is 2. The van der Waals surface area contributed by atoms with Crippen LogP contribution in [0, 0.1) is 5.92 Å². The van der Waals surface area contributed by atoms with Gasteiger partial charge < -0.3 is 10.0 Å². The molecule has 20 heavy (non-hydrogen) atoms. The second-order valence-electron chi connectivity index (χ2n) is 7.42. The first-order chi connectivity index (χ1) is 9.74. The Bertz CT molecular complexity index is 295. The molecule has 0 amide bonds. The van der Waals surface area contributed by atoms with Crippen molar-refractivity contribution in [2.75, 3.05) is 26.2 Å². The normalized spacial score (nSPS) is 39.0. The fourth-order valence-corrected chi connectivity index (χ4v) is 4.59. The first-order valence-electron chi connectivity index (χ1n) is 8.90. The van der Waals surface area contributed by atoms with Crippen LogP contribution in [0.25, 0.3) is 0 Å². The van der Waals surface area contributed by atoms with Gasteiger partial charge in [0.05, 0.1) is 6.10 Å². The van der Waals surface area contributed by atoms with E-state index in [4.69, 9.17) is 0 Å². The molecule has 1 N–H and O–H groups in total. The van der Waals surface area contributed by atoms with E-state index in [1.54, 1.807) is 0 Å². The molecule has 0 aromatic rings. The molecule has 2 saturated heterocycles. The van der Waals surface area contributed by atoms with Gasteiger partial charge in [0.25, 0.3) is 0 Å². The highest BCUT2D eigenvalue weighted by molar-refractivity contribution is 4.90. The average molecular weight is 280 g/mol. The number of aliphatic hydroxyl groups excluding tert-OH is 1. The maximum absolute atomic E-state index is 10.3. The minimum Gasteiger partial charge on any atom is -0.391 e. The third-order valence-electron chi connectivity index (χ3n) is 5.92. The van der Waals surface area contributed by atoms with E-state index in [9.17, 15) is 5.11 Å². The van der Waals surface area contributed by atoms with Crippen molar-refractivity contribution in [2.45, 2.75) is 76.5 Å². The molecular formula is C17H32N2O. The third kappa shape index (κ3) is 3.37. The smallest absolute Gasteiger partial charge is 0.0695 e. The van der Waals surface area contributed by atoms with E-state index in [1.165, 1.54) is 71.1 Å². The molecule has 3 atom stereocenters. The van der Waals surface area contributed by atoms with Crippen LogP contribution in [0.2, 0.25) is 0 Å². The highest BCUT2D eigenvalue weighted by Gasteiger charge is 2.34. The Labute approximate surface area is 124 Å². The van der Waals surface area contributed by atoms with Gasteiger partial charge in [-0.25, -0.2) is 0 Å². The minimum atomic E-state index is -0.0715. The van der Waals surface area contributed by atoms with Gasteiger partial charge >= 0.3 is 0 Å². The van der Waals surface area contributed by atoms with Gasteiger partial charge in [-0.15, -0.1) is 0 Å². The van der Waals surface area contributed by atoms with Crippen molar-refractivity contribution in [1.29, 1.82) is 0 Å². The summed E-state index contributed by atoms with van der Waals surface area (Å²) in [4.78, 5) is 5.33. The van der Waals surface area contributed by atoms with Crippen LogP contribution in [0.4, 0.5) is 0 Å². The first-order valence-corrected chi connectivity index (χ1v) is 8.90. The Kier molecular flexibility index (Phi) is 5.00. The monoisotopic (exact) mass is 280 g/mol. The fraction of sp³-hybridized carbons (Fsp3) is 1.00. The summed E-state index contributed by atoms with van der Waals surface area (Å²) in [6.07, 6.45) is 10.2. The Morgan fingerprint density at radius 1 is 0.800 bits per heavy atom. The van der Waals surface area contributed by atoms with E-state index in [-0.39, 0.29) is 6.10 Å². The van der Waals surface area contributed by atoms with E-state index in [1.807, 2.05) is 0 Å². The molecule has 0 aromatic carbocycles. The molecule has 0 radical (unpaired) electrons. The summed E-state index contributed by atoms with van der Waals surface area (Å²) < 4.78 is 0. The SMILES string of the molecule is CC1CCC(O)C(N2CCC(N3CCCCC3)CC2)C1. The van der Waals surface area contributed by atoms with E-state index < -0.39 is 0 Å². The lowest BCUT2D eigenvalue weighted by atomic mass is 9.83. The number of aliphatic hydroxyl groups is 1. The maximum Gasteiger partial charge on any atom is 0.0695 e. The van der Waals surface area contributed by atoms with E-state index in [0.29, 0.717) is 6.04 Å². The van der Waals surface area contributed by atoms with Crippen LogP contribution in [0.3, 0.4) is 0 Å². The summed E-state index contributed by atoms with van der Waals surface area (Å²) in [6.45, 7) is 7.41. The summed E-state index contributed by atoms with van der Waals surface area (Å²) in [7, 11) is 0. The second kappa shape index (κ2) is 6.76. The number of rotatable bonds is 2. The van der Waals surface area contributed by atoms with Gasteiger partial charge in [0.1, 0.15) is 0 Å². The molecule has 0 aromatic heterocycles. The van der Waals surface area contributed by atoms with Gasteiger partial charge in [-0.3, -0.25) is 4.90 Å². The predicted octanol–water partition coefficient (Wildman–Crippen LogP) is 2.49. The zero-order chi connectivity index (χ0) is 13.9. The van der Waals surface area contributed by atoms with E-state index in [2.05, 4.69) is 16.7 Å². The lowest BCUT2D eigenvalue weighted by molar-refractivity contribution is -0.0162. The molecule has 3 rings (SSSR count). The maximum atomic E-state index is 10.3. The van der Waals surface area contributed by atoms with Crippen molar-refractivity contribution in [3.8, 4) is 0 Å². The molecule has 2 aliphatic heterocycles. The largest absolute Gasteiger partial charge is 0.391 e. The second-order valence-corrected chi connectivity index (χ2v) is 7.42. The highest BCUT2D eigenvalue weighted by atomic mass is 16.3. The Morgan fingerprint density at radius 3 is 2.20 bits per heavy atom. The number of hydrogen-bond acceptors (Lipinski definition) is 3. The third-order valence-corrected chi connectivity index (χ3v) is 5.92. The van der Waals surface area contributed by atoms with Crippen LogP contribution in [-0.4, -0.2) is 59.3 Å². The summed E-state index contributed by atoms with van der Waals surface area (Å²) >= 11 is 0. The summed E-state index contributed by atoms with van der Waals surface area (Å²) in [5.41, 5.74) is 0. The standard InChI is InChI=1S/C17H32N2O/c1-14-5-6-17(20)16(13-14)19-11-7-15(8-12-19)18-9-3-2-4-10-18/h14-17,20H,2-13H2,1H3. The van der Waals surface area contributed by atoms with Crippen LogP contribution in [0.5, 0.6) is 0 Å². The van der Waals surface area contributed by atoms with Gasteiger partial charge in [0.2, 0.25) is 0 Å². The number of nitrogens with zero attached hydrogens (tertiary/aromatic N) is 2. The molecule has 3 aliphatic rings. The Morgan fingerprint density at radius 2 is 1.50 bits per heavy atom. The van der Waals surface area contributed by atoms with Crippen molar-refractivity contribution in [1.82, 2.24) is 9.80 Å². The minimum absolute atomic E-state index is 0.0715. The van der Waals surface area contributed by atoms with Gasteiger partial charge in [0, 0.05) is 25.2 Å². The first kappa shape index (κ1) is 14.8. The fourth-order valence-electron chi connectivity index (χ4n) is 4.59. The van der Waals surface area contributed by atoms with Crippen LogP contribution in [0.15, 0.2) is 0 Å². The average Bonchev–Trinajstić information content (AvgIpc) is 2.51. The van der Waals surface area contributed by atoms with Crippen molar-refractivity contribution in [3.63, 3.8) is 0 Å². The molecule has 3 unspecified atom stereocenters. The Hall–Kier alpha value is -0.120. The topological polar surface area (TPSA) is 26.7 Å². The molecular weight excluding hydrogens is 248 g/mol. The number of likely N-dealkylation sites (tertiary alicyclic amines) is 2. The predicted molar refractivity (Wildman–Crippen MR) is 82.8 cm³/mol. The quantitative estimate of drug-likeness (QED) is 0.842. The zero-order valence-electron chi connectivity index (χ0n) is 13.1. The van der Waals surface area contributed by atoms with Gasteiger partial charge in [-0.2, -0.15) is 0 Å². The summed E-state index contributed by atoms with van der Waals surface area (Å²) in [5, 5.41) is 10.3. The molecule has 2 heterocycles. The van der Waals surface area contributed by atoms with Gasteiger partial charge in [0.15, 0.2) is 0 Å². The molecule has 0 bridgehead atoms. The van der Waals surface area contributed by atoms with Crippen LogP contribution < -0.4 is 0 Å². The van der Waals surface area contributed by atoms with Gasteiger partial charge in [-0.1, -0.05) is 13.3 Å². The lowest BCUT2D eigenvalue weighted by Gasteiger charge is -2.45. The van der Waals surface area contributed by atoms with Crippen molar-refractivity contribution >= 4 is 0 Å². The molecule has 3 heteroatoms. The molecule has 3 nitrogen and oxygen atoms in total. The molecule has 116 valence electrons. The Balaban J connectivity index is 1.50. The van der Waals surface area contributed by atoms with Crippen molar-refractivity contribution < 1.29 is 5.11 Å². The molecule has 3 fully saturated rings. The highest BCUT2D eigenvalue weighted by Crippen LogP contribution is 2.30. The van der Waals surface area contributed by atoms with Crippen LogP contribution in [0.1, 0.15) is 58.3 Å². The lowest BCUT2D eigenvalue weighted by Crippen LogP contribution is -2.53. The molecule has 1 saturated carbocycles. The van der Waals surface area contributed by atoms with Crippen LogP contribution >= 0.6 is 0 Å². The number of hydrogen-bond donors (Lipinski definition) is 1. The van der Waals surface area contributed by atoms with Crippen molar-refractivity contribution in [3.05, 3.63) is 0 Å². The van der Waals surface area contributed by atoms with E-state index >= 15 is 0 Å². The van der Waals surface area contributed by atoms with Gasteiger partial charge in [-0.05, 0) is 64.0 Å². The summed E-state index contributed by atoms with van der Waals surface area (Å²) in [5.74, 6) is 0.795. The molecule has 1 aliphatic carbocycles. The van der Waals surface area contributed by atoms with Crippen LogP contribution in [-0.2, 0) is 0 Å². The van der Waals surface area contributed by atoms with E-state index in [0.717, 1.165) is 18.4 Å². The van der Waals surface area contributed by atoms with Crippen molar-refractivity contribution in [2.24, 2.45) is 5.92 Å². The molecule has 0 spiro atoms.